The number of aliphatic hydroxyl groups is 1. The average molecular weight is 497 g/mol. The van der Waals surface area contributed by atoms with Gasteiger partial charge in [0, 0.05) is 18.7 Å². The van der Waals surface area contributed by atoms with Crippen LogP contribution in [0.4, 0.5) is 0 Å². The van der Waals surface area contributed by atoms with Gasteiger partial charge in [-0.1, -0.05) is 39.0 Å². The number of carbonyl (C=O) groups excluding carboxylic acids is 2. The van der Waals surface area contributed by atoms with Crippen LogP contribution in [0.3, 0.4) is 0 Å². The first-order valence-electron chi connectivity index (χ1n) is 12.6. The number of hydrogen-bond acceptors (Lipinski definition) is 7. The molecule has 0 bridgehead atoms. The van der Waals surface area contributed by atoms with Crippen LogP contribution in [0, 0.1) is 0 Å². The lowest BCUT2D eigenvalue weighted by Crippen LogP contribution is -2.38. The van der Waals surface area contributed by atoms with Gasteiger partial charge in [0.05, 0.1) is 24.8 Å². The number of Topliss-reactive ketones (excluding diaryl/α,β-unsaturated/α-hetero) is 1. The summed E-state index contributed by atoms with van der Waals surface area (Å²) in [4.78, 5) is 30.2. The molecule has 0 aromatic heterocycles. The summed E-state index contributed by atoms with van der Waals surface area (Å²) >= 11 is 0. The lowest BCUT2D eigenvalue weighted by atomic mass is 9.95. The van der Waals surface area contributed by atoms with E-state index in [1.165, 1.54) is 11.0 Å². The van der Waals surface area contributed by atoms with Crippen LogP contribution in [0.1, 0.15) is 51.3 Å². The minimum absolute atomic E-state index is 0.000303. The van der Waals surface area contributed by atoms with Gasteiger partial charge < -0.3 is 29.5 Å². The number of nitrogens with zero attached hydrogens (tertiary/aromatic N) is 2. The van der Waals surface area contributed by atoms with E-state index in [2.05, 4.69) is 4.90 Å². The molecule has 0 saturated carbocycles. The summed E-state index contributed by atoms with van der Waals surface area (Å²) in [7, 11) is 0. The van der Waals surface area contributed by atoms with E-state index < -0.39 is 17.7 Å². The molecule has 36 heavy (non-hydrogen) atoms. The Morgan fingerprint density at radius 1 is 1.03 bits per heavy atom. The van der Waals surface area contributed by atoms with Crippen molar-refractivity contribution in [3.63, 3.8) is 0 Å². The van der Waals surface area contributed by atoms with Crippen LogP contribution in [0.25, 0.3) is 5.76 Å². The molecular weight excluding hydrogens is 460 g/mol. The van der Waals surface area contributed by atoms with E-state index in [9.17, 15) is 19.8 Å². The molecule has 1 saturated heterocycles. The molecule has 194 valence electrons. The molecule has 1 atom stereocenters. The van der Waals surface area contributed by atoms with Gasteiger partial charge in [-0.15, -0.1) is 0 Å². The summed E-state index contributed by atoms with van der Waals surface area (Å²) in [6, 6.07) is 10.8. The number of benzene rings is 2. The van der Waals surface area contributed by atoms with E-state index >= 15 is 0 Å². The number of phenolic OH excluding ortho intramolecular Hbond substituents is 1. The first-order valence-corrected chi connectivity index (χ1v) is 12.6. The smallest absolute Gasteiger partial charge is 0.295 e. The second-order valence-corrected chi connectivity index (χ2v) is 8.56. The Hall–Kier alpha value is -3.52. The molecule has 1 aliphatic heterocycles. The zero-order valence-electron chi connectivity index (χ0n) is 21.5. The van der Waals surface area contributed by atoms with Gasteiger partial charge >= 0.3 is 0 Å². The molecule has 1 amide bonds. The number of aliphatic hydroxyl groups excluding tert-OH is 1. The van der Waals surface area contributed by atoms with Crippen molar-refractivity contribution in [2.24, 2.45) is 0 Å². The molecular formula is C28H36N2O6. The number of ether oxygens (including phenoxy) is 2. The summed E-state index contributed by atoms with van der Waals surface area (Å²) in [5, 5.41) is 21.6. The monoisotopic (exact) mass is 496 g/mol. The molecule has 1 aliphatic rings. The predicted octanol–water partition coefficient (Wildman–Crippen LogP) is 4.34. The fourth-order valence-corrected chi connectivity index (χ4v) is 4.33. The first-order chi connectivity index (χ1) is 17.4. The van der Waals surface area contributed by atoms with Gasteiger partial charge in [-0.3, -0.25) is 9.59 Å². The molecule has 0 spiro atoms. The van der Waals surface area contributed by atoms with Crippen molar-refractivity contribution in [3.8, 4) is 17.2 Å². The Kier molecular flexibility index (Phi) is 9.36. The highest BCUT2D eigenvalue weighted by Crippen LogP contribution is 2.42. The van der Waals surface area contributed by atoms with Gasteiger partial charge in [-0.25, -0.2) is 0 Å². The molecule has 2 aromatic rings. The molecule has 1 fully saturated rings. The molecule has 1 heterocycles. The summed E-state index contributed by atoms with van der Waals surface area (Å²) in [6.45, 7) is 11.2. The molecule has 3 rings (SSSR count). The highest BCUT2D eigenvalue weighted by atomic mass is 16.5. The Balaban J connectivity index is 2.12. The Bertz CT molecular complexity index is 1110. The largest absolute Gasteiger partial charge is 0.507 e. The maximum absolute atomic E-state index is 13.3. The second-order valence-electron chi connectivity index (χ2n) is 8.56. The molecule has 0 radical (unpaired) electrons. The summed E-state index contributed by atoms with van der Waals surface area (Å²) in [6.07, 6.45) is 0.830. The zero-order valence-corrected chi connectivity index (χ0v) is 21.5. The molecule has 8 nitrogen and oxygen atoms in total. The van der Waals surface area contributed by atoms with E-state index in [0.717, 1.165) is 19.5 Å². The lowest BCUT2D eigenvalue weighted by molar-refractivity contribution is -0.140. The fourth-order valence-electron chi connectivity index (χ4n) is 4.33. The third kappa shape index (κ3) is 5.82. The number of amides is 1. The van der Waals surface area contributed by atoms with E-state index in [-0.39, 0.29) is 22.8 Å². The fraction of sp³-hybridized carbons (Fsp3) is 0.429. The van der Waals surface area contributed by atoms with Crippen molar-refractivity contribution in [1.82, 2.24) is 9.80 Å². The van der Waals surface area contributed by atoms with Gasteiger partial charge in [-0.05, 0) is 56.3 Å². The number of likely N-dealkylation sites (tertiary alicyclic amines) is 1. The number of rotatable bonds is 12. The standard InChI is InChI=1S/C28H36N2O6/c1-5-16-36-21-11-9-10-20(17-21)26(32)24-25(19-12-13-22(31)23(18-19)35-8-4)30(28(34)27(24)33)15-14-29(6-2)7-3/h9-13,17-18,25,31-32H,5-8,14-16H2,1-4H3/b26-24-. The highest BCUT2D eigenvalue weighted by Gasteiger charge is 2.46. The summed E-state index contributed by atoms with van der Waals surface area (Å²) < 4.78 is 11.2. The SMILES string of the molecule is CCCOc1cccc(/C(O)=C2/C(=O)C(=O)N(CCN(CC)CC)C2c2ccc(O)c(OCC)c2)c1. The van der Waals surface area contributed by atoms with Crippen molar-refractivity contribution >= 4 is 17.4 Å². The van der Waals surface area contributed by atoms with Crippen LogP contribution in [0.2, 0.25) is 0 Å². The third-order valence-electron chi connectivity index (χ3n) is 6.27. The topological polar surface area (TPSA) is 99.5 Å². The number of hydrogen-bond donors (Lipinski definition) is 2. The van der Waals surface area contributed by atoms with Gasteiger partial charge in [0.1, 0.15) is 11.5 Å². The van der Waals surface area contributed by atoms with Gasteiger partial charge in [0.15, 0.2) is 11.5 Å². The number of carbonyl (C=O) groups is 2. The summed E-state index contributed by atoms with van der Waals surface area (Å²) in [5.74, 6) is -0.907. The quantitative estimate of drug-likeness (QED) is 0.256. The van der Waals surface area contributed by atoms with Crippen molar-refractivity contribution in [3.05, 3.63) is 59.2 Å². The zero-order chi connectivity index (χ0) is 26.2. The summed E-state index contributed by atoms with van der Waals surface area (Å²) in [5.41, 5.74) is 0.953. The molecule has 2 aromatic carbocycles. The van der Waals surface area contributed by atoms with Gasteiger partial charge in [0.25, 0.3) is 11.7 Å². The number of phenols is 1. The molecule has 2 N–H and O–H groups in total. The van der Waals surface area contributed by atoms with E-state index in [0.29, 0.717) is 43.2 Å². The molecule has 0 aliphatic carbocycles. The van der Waals surface area contributed by atoms with Gasteiger partial charge in [0.2, 0.25) is 0 Å². The van der Waals surface area contributed by atoms with Crippen LogP contribution >= 0.6 is 0 Å². The van der Waals surface area contributed by atoms with Crippen LogP contribution < -0.4 is 9.47 Å². The molecule has 1 unspecified atom stereocenters. The maximum atomic E-state index is 13.3. The van der Waals surface area contributed by atoms with E-state index in [1.807, 2.05) is 20.8 Å². The van der Waals surface area contributed by atoms with Crippen molar-refractivity contribution < 1.29 is 29.3 Å². The van der Waals surface area contributed by atoms with Gasteiger partial charge in [-0.2, -0.15) is 0 Å². The highest BCUT2D eigenvalue weighted by molar-refractivity contribution is 6.46. The maximum Gasteiger partial charge on any atom is 0.295 e. The van der Waals surface area contributed by atoms with E-state index in [4.69, 9.17) is 9.47 Å². The van der Waals surface area contributed by atoms with Crippen molar-refractivity contribution in [2.75, 3.05) is 39.4 Å². The van der Waals surface area contributed by atoms with Crippen LogP contribution in [0.15, 0.2) is 48.0 Å². The minimum atomic E-state index is -0.833. The number of likely N-dealkylation sites (N-methyl/N-ethyl adjacent to an activating group) is 1. The number of ketones is 1. The predicted molar refractivity (Wildman–Crippen MR) is 138 cm³/mol. The normalized spacial score (nSPS) is 17.1. The van der Waals surface area contributed by atoms with Crippen molar-refractivity contribution in [2.45, 2.75) is 40.2 Å². The number of aromatic hydroxyl groups is 1. The van der Waals surface area contributed by atoms with Crippen LogP contribution in [0.5, 0.6) is 17.2 Å². The Morgan fingerprint density at radius 2 is 1.78 bits per heavy atom. The lowest BCUT2D eigenvalue weighted by Gasteiger charge is -2.28. The second kappa shape index (κ2) is 12.4. The first kappa shape index (κ1) is 27.1. The Morgan fingerprint density at radius 3 is 2.44 bits per heavy atom. The average Bonchev–Trinajstić information content (AvgIpc) is 3.14. The minimum Gasteiger partial charge on any atom is -0.507 e. The Labute approximate surface area is 212 Å². The van der Waals surface area contributed by atoms with Crippen molar-refractivity contribution in [1.29, 1.82) is 0 Å². The molecule has 8 heteroatoms. The van der Waals surface area contributed by atoms with Crippen LogP contribution in [-0.2, 0) is 9.59 Å². The van der Waals surface area contributed by atoms with E-state index in [1.54, 1.807) is 43.3 Å². The van der Waals surface area contributed by atoms with Crippen LogP contribution in [-0.4, -0.2) is 71.1 Å². The third-order valence-corrected chi connectivity index (χ3v) is 6.27.